The van der Waals surface area contributed by atoms with Gasteiger partial charge in [-0.3, -0.25) is 0 Å². The topological polar surface area (TPSA) is 63.4 Å². The second-order valence-corrected chi connectivity index (χ2v) is 7.37. The van der Waals surface area contributed by atoms with E-state index in [2.05, 4.69) is 15.9 Å². The molecule has 0 spiro atoms. The van der Waals surface area contributed by atoms with Gasteiger partial charge in [-0.05, 0) is 33.8 Å². The average molecular weight is 311 g/mol. The molecule has 7 heteroatoms. The first-order valence-corrected chi connectivity index (χ1v) is 7.62. The quantitative estimate of drug-likeness (QED) is 0.893. The van der Waals surface area contributed by atoms with E-state index in [9.17, 15) is 8.42 Å². The van der Waals surface area contributed by atoms with Crippen molar-refractivity contribution in [2.75, 3.05) is 13.1 Å². The predicted molar refractivity (Wildman–Crippen MR) is 63.4 cm³/mol. The van der Waals surface area contributed by atoms with Crippen LogP contribution in [0.15, 0.2) is 20.1 Å². The fraction of sp³-hybridized carbons (Fsp3) is 0.500. The number of halogens is 1. The Hall–Kier alpha value is 0.0500. The van der Waals surface area contributed by atoms with E-state index in [1.54, 1.807) is 11.4 Å². The number of rotatable bonds is 2. The lowest BCUT2D eigenvalue weighted by Crippen LogP contribution is -2.31. The summed E-state index contributed by atoms with van der Waals surface area (Å²) in [5.41, 5.74) is 5.70. The number of hydrogen-bond donors (Lipinski definition) is 1. The van der Waals surface area contributed by atoms with Crippen molar-refractivity contribution >= 4 is 37.3 Å². The van der Waals surface area contributed by atoms with E-state index in [1.807, 2.05) is 0 Å². The smallest absolute Gasteiger partial charge is 0.253 e. The lowest BCUT2D eigenvalue weighted by atomic mass is 10.3. The van der Waals surface area contributed by atoms with E-state index in [-0.39, 0.29) is 6.04 Å². The van der Waals surface area contributed by atoms with Gasteiger partial charge in [0.25, 0.3) is 10.0 Å². The molecule has 1 fully saturated rings. The SMILES string of the molecule is N[C@H]1CCN(S(=O)(=O)c2sccc2Br)C1. The van der Waals surface area contributed by atoms with Crippen LogP contribution in [0.2, 0.25) is 0 Å². The zero-order valence-electron chi connectivity index (χ0n) is 7.89. The summed E-state index contributed by atoms with van der Waals surface area (Å²) in [6.45, 7) is 0.945. The van der Waals surface area contributed by atoms with Crippen molar-refractivity contribution in [1.82, 2.24) is 4.31 Å². The van der Waals surface area contributed by atoms with E-state index < -0.39 is 10.0 Å². The summed E-state index contributed by atoms with van der Waals surface area (Å²) in [5, 5.41) is 1.76. The molecule has 1 aliphatic heterocycles. The van der Waals surface area contributed by atoms with Crippen LogP contribution in [0, 0.1) is 0 Å². The highest BCUT2D eigenvalue weighted by atomic mass is 79.9. The number of sulfonamides is 1. The molecule has 0 bridgehead atoms. The third-order valence-corrected chi connectivity index (χ3v) is 6.86. The van der Waals surface area contributed by atoms with E-state index in [0.29, 0.717) is 21.8 Å². The summed E-state index contributed by atoms with van der Waals surface area (Å²) in [6.07, 6.45) is 0.738. The number of hydrogen-bond acceptors (Lipinski definition) is 4. The van der Waals surface area contributed by atoms with Gasteiger partial charge < -0.3 is 5.73 Å². The first-order chi connectivity index (χ1) is 7.01. The van der Waals surface area contributed by atoms with Gasteiger partial charge in [0.1, 0.15) is 4.21 Å². The van der Waals surface area contributed by atoms with Crippen LogP contribution in [-0.4, -0.2) is 31.9 Å². The molecule has 0 amide bonds. The highest BCUT2D eigenvalue weighted by Crippen LogP contribution is 2.31. The third-order valence-electron chi connectivity index (χ3n) is 2.35. The Morgan fingerprint density at radius 3 is 2.80 bits per heavy atom. The molecule has 0 unspecified atom stereocenters. The molecular weight excluding hydrogens is 300 g/mol. The van der Waals surface area contributed by atoms with Crippen molar-refractivity contribution in [3.63, 3.8) is 0 Å². The summed E-state index contributed by atoms with van der Waals surface area (Å²) in [5.74, 6) is 0. The van der Waals surface area contributed by atoms with Crippen LogP contribution < -0.4 is 5.73 Å². The number of nitrogens with two attached hydrogens (primary N) is 1. The Bertz CT molecular complexity index is 457. The van der Waals surface area contributed by atoms with Crippen LogP contribution in [0.4, 0.5) is 0 Å². The zero-order chi connectivity index (χ0) is 11.1. The molecular formula is C8H11BrN2O2S2. The number of thiophene rings is 1. The van der Waals surface area contributed by atoms with E-state index in [0.717, 1.165) is 6.42 Å². The monoisotopic (exact) mass is 310 g/mol. The first-order valence-electron chi connectivity index (χ1n) is 4.50. The minimum atomic E-state index is -3.33. The molecule has 2 heterocycles. The summed E-state index contributed by atoms with van der Waals surface area (Å²) in [6, 6.07) is 1.71. The Labute approximate surface area is 101 Å². The molecule has 2 rings (SSSR count). The van der Waals surface area contributed by atoms with Gasteiger partial charge in [0.2, 0.25) is 0 Å². The molecule has 84 valence electrons. The van der Waals surface area contributed by atoms with Crippen LogP contribution >= 0.6 is 27.3 Å². The van der Waals surface area contributed by atoms with Crippen molar-refractivity contribution in [1.29, 1.82) is 0 Å². The van der Waals surface area contributed by atoms with Gasteiger partial charge in [-0.1, -0.05) is 0 Å². The Balaban J connectivity index is 2.32. The van der Waals surface area contributed by atoms with Crippen molar-refractivity contribution in [3.05, 3.63) is 15.9 Å². The van der Waals surface area contributed by atoms with Crippen LogP contribution in [0.3, 0.4) is 0 Å². The Morgan fingerprint density at radius 2 is 2.33 bits per heavy atom. The summed E-state index contributed by atoms with van der Waals surface area (Å²) < 4.78 is 26.7. The predicted octanol–water partition coefficient (Wildman–Crippen LogP) is 1.23. The Morgan fingerprint density at radius 1 is 1.60 bits per heavy atom. The maximum absolute atomic E-state index is 12.1. The number of nitrogens with zero attached hydrogens (tertiary/aromatic N) is 1. The van der Waals surface area contributed by atoms with Crippen LogP contribution in [-0.2, 0) is 10.0 Å². The maximum atomic E-state index is 12.1. The molecule has 1 aromatic heterocycles. The van der Waals surface area contributed by atoms with Crippen LogP contribution in [0.25, 0.3) is 0 Å². The van der Waals surface area contributed by atoms with Gasteiger partial charge in [0.05, 0.1) is 0 Å². The molecule has 0 saturated carbocycles. The van der Waals surface area contributed by atoms with Crippen LogP contribution in [0.1, 0.15) is 6.42 Å². The molecule has 0 radical (unpaired) electrons. The normalized spacial score (nSPS) is 23.5. The lowest BCUT2D eigenvalue weighted by Gasteiger charge is -2.14. The average Bonchev–Trinajstić information content (AvgIpc) is 2.74. The van der Waals surface area contributed by atoms with Gasteiger partial charge >= 0.3 is 0 Å². The van der Waals surface area contributed by atoms with Crippen molar-refractivity contribution < 1.29 is 8.42 Å². The van der Waals surface area contributed by atoms with Gasteiger partial charge in [-0.25, -0.2) is 8.42 Å². The van der Waals surface area contributed by atoms with Gasteiger partial charge in [-0.2, -0.15) is 4.31 Å². The zero-order valence-corrected chi connectivity index (χ0v) is 11.1. The minimum Gasteiger partial charge on any atom is -0.326 e. The molecule has 1 aromatic rings. The van der Waals surface area contributed by atoms with Crippen molar-refractivity contribution in [2.24, 2.45) is 5.73 Å². The minimum absolute atomic E-state index is 0.0292. The highest BCUT2D eigenvalue weighted by Gasteiger charge is 2.32. The molecule has 15 heavy (non-hydrogen) atoms. The second kappa shape index (κ2) is 4.14. The molecule has 1 aliphatic rings. The molecule has 0 aromatic carbocycles. The summed E-state index contributed by atoms with van der Waals surface area (Å²) in [7, 11) is -3.33. The fourth-order valence-corrected chi connectivity index (χ4v) is 5.51. The largest absolute Gasteiger partial charge is 0.326 e. The van der Waals surface area contributed by atoms with Crippen molar-refractivity contribution in [3.8, 4) is 0 Å². The molecule has 1 atom stereocenters. The van der Waals surface area contributed by atoms with Crippen molar-refractivity contribution in [2.45, 2.75) is 16.7 Å². The van der Waals surface area contributed by atoms with Crippen LogP contribution in [0.5, 0.6) is 0 Å². The first kappa shape index (κ1) is 11.5. The summed E-state index contributed by atoms with van der Waals surface area (Å²) in [4.78, 5) is 0. The standard InChI is InChI=1S/C8H11BrN2O2S2/c9-7-2-4-14-8(7)15(12,13)11-3-1-6(10)5-11/h2,4,6H,1,3,5,10H2/t6-/m0/s1. The van der Waals surface area contributed by atoms with Gasteiger partial charge in [-0.15, -0.1) is 11.3 Å². The molecule has 4 nitrogen and oxygen atoms in total. The molecule has 1 saturated heterocycles. The van der Waals surface area contributed by atoms with Gasteiger partial charge in [0.15, 0.2) is 0 Å². The third kappa shape index (κ3) is 2.12. The Kier molecular flexibility index (Phi) is 3.18. The summed E-state index contributed by atoms with van der Waals surface area (Å²) >= 11 is 4.46. The lowest BCUT2D eigenvalue weighted by molar-refractivity contribution is 0.474. The fourth-order valence-electron chi connectivity index (χ4n) is 1.55. The van der Waals surface area contributed by atoms with Gasteiger partial charge in [0, 0.05) is 23.6 Å². The second-order valence-electron chi connectivity index (χ2n) is 3.47. The van der Waals surface area contributed by atoms with E-state index in [4.69, 9.17) is 5.73 Å². The molecule has 2 N–H and O–H groups in total. The maximum Gasteiger partial charge on any atom is 0.253 e. The molecule has 0 aliphatic carbocycles. The van der Waals surface area contributed by atoms with E-state index in [1.165, 1.54) is 15.6 Å². The van der Waals surface area contributed by atoms with E-state index >= 15 is 0 Å². The highest BCUT2D eigenvalue weighted by molar-refractivity contribution is 9.10.